The molecule has 108 valence electrons. The van der Waals surface area contributed by atoms with Crippen LogP contribution in [0.1, 0.15) is 41.5 Å². The zero-order valence-electron chi connectivity index (χ0n) is 12.4. The molecule has 19 heavy (non-hydrogen) atoms. The third-order valence-electron chi connectivity index (χ3n) is 3.07. The van der Waals surface area contributed by atoms with E-state index in [4.69, 9.17) is 0 Å². The molecule has 0 fully saturated rings. The number of hydrogen-bond donors (Lipinski definition) is 1. The molecule has 1 aromatic rings. The molecule has 3 nitrogen and oxygen atoms in total. The van der Waals surface area contributed by atoms with Crippen molar-refractivity contribution in [1.82, 2.24) is 4.90 Å². The van der Waals surface area contributed by atoms with E-state index in [1.54, 1.807) is 0 Å². The summed E-state index contributed by atoms with van der Waals surface area (Å²) in [6.45, 7) is 8.19. The van der Waals surface area contributed by atoms with Gasteiger partial charge in [-0.2, -0.15) is 0 Å². The summed E-state index contributed by atoms with van der Waals surface area (Å²) in [4.78, 5) is 14.2. The van der Waals surface area contributed by atoms with E-state index in [0.717, 1.165) is 38.0 Å². The Morgan fingerprint density at radius 2 is 1.95 bits per heavy atom. The van der Waals surface area contributed by atoms with E-state index in [9.17, 15) is 4.79 Å². The molecule has 0 bridgehead atoms. The Morgan fingerprint density at radius 3 is 2.53 bits per heavy atom. The number of hydrogen-bond acceptors (Lipinski definition) is 1. The van der Waals surface area contributed by atoms with Crippen LogP contribution in [0.25, 0.3) is 0 Å². The van der Waals surface area contributed by atoms with Crippen LogP contribution >= 0.6 is 0 Å². The molecule has 0 radical (unpaired) electrons. The number of urea groups is 1. The first kappa shape index (κ1) is 15.5. The molecule has 1 rings (SSSR count). The van der Waals surface area contributed by atoms with Gasteiger partial charge in [0.1, 0.15) is 0 Å². The lowest BCUT2D eigenvalue weighted by Gasteiger charge is -2.23. The standard InChI is InChI=1S/C16H26N2O.H2/c1-4-5-12-18(13-11-14(2)3)16(19)17-15-9-7-6-8-10-15;/h6-10,14H,4-5,11-13H2,1-3H3,(H,17,19);1H. The number of amides is 2. The summed E-state index contributed by atoms with van der Waals surface area (Å²) in [7, 11) is 0. The molecule has 1 N–H and O–H groups in total. The number of carbonyl (C=O) groups is 1. The number of unbranched alkanes of at least 4 members (excludes halogenated alkanes) is 1. The maximum Gasteiger partial charge on any atom is 0.321 e. The third kappa shape index (κ3) is 6.27. The van der Waals surface area contributed by atoms with Gasteiger partial charge in [0.2, 0.25) is 0 Å². The third-order valence-corrected chi connectivity index (χ3v) is 3.07. The highest BCUT2D eigenvalue weighted by molar-refractivity contribution is 5.89. The van der Waals surface area contributed by atoms with Crippen LogP contribution in [0, 0.1) is 5.92 Å². The Hall–Kier alpha value is -1.51. The minimum atomic E-state index is 0. The highest BCUT2D eigenvalue weighted by Gasteiger charge is 2.13. The zero-order valence-corrected chi connectivity index (χ0v) is 12.4. The van der Waals surface area contributed by atoms with Crippen molar-refractivity contribution in [3.63, 3.8) is 0 Å². The fraction of sp³-hybridized carbons (Fsp3) is 0.562. The van der Waals surface area contributed by atoms with Crippen molar-refractivity contribution < 1.29 is 6.22 Å². The van der Waals surface area contributed by atoms with E-state index in [0.29, 0.717) is 5.92 Å². The quantitative estimate of drug-likeness (QED) is 0.766. The number of benzene rings is 1. The number of para-hydroxylation sites is 1. The summed E-state index contributed by atoms with van der Waals surface area (Å²) >= 11 is 0. The Morgan fingerprint density at radius 1 is 1.26 bits per heavy atom. The molecule has 0 aliphatic carbocycles. The maximum absolute atomic E-state index is 12.2. The highest BCUT2D eigenvalue weighted by Crippen LogP contribution is 2.09. The summed E-state index contributed by atoms with van der Waals surface area (Å²) < 4.78 is 0. The largest absolute Gasteiger partial charge is 0.325 e. The van der Waals surface area contributed by atoms with Gasteiger partial charge in [0.25, 0.3) is 0 Å². The lowest BCUT2D eigenvalue weighted by Crippen LogP contribution is -2.37. The normalized spacial score (nSPS) is 10.5. The van der Waals surface area contributed by atoms with Crippen LogP contribution in [0.5, 0.6) is 0 Å². The summed E-state index contributed by atoms with van der Waals surface area (Å²) in [5.74, 6) is 0.619. The SMILES string of the molecule is CCCCN(CCC(C)C)C(=O)Nc1ccccc1.[HH]. The van der Waals surface area contributed by atoms with Crippen LogP contribution in [0.2, 0.25) is 0 Å². The van der Waals surface area contributed by atoms with Crippen molar-refractivity contribution in [1.29, 1.82) is 0 Å². The van der Waals surface area contributed by atoms with Crippen LogP contribution in [0.15, 0.2) is 30.3 Å². The van der Waals surface area contributed by atoms with Gasteiger partial charge in [0.15, 0.2) is 0 Å². The van der Waals surface area contributed by atoms with Gasteiger partial charge < -0.3 is 10.2 Å². The minimum absolute atomic E-state index is 0. The lowest BCUT2D eigenvalue weighted by molar-refractivity contribution is 0.207. The predicted octanol–water partition coefficient (Wildman–Crippen LogP) is 4.61. The number of rotatable bonds is 7. The van der Waals surface area contributed by atoms with Crippen LogP contribution in [-0.4, -0.2) is 24.0 Å². The monoisotopic (exact) mass is 264 g/mol. The smallest absolute Gasteiger partial charge is 0.321 e. The van der Waals surface area contributed by atoms with Gasteiger partial charge in [-0.15, -0.1) is 0 Å². The fourth-order valence-electron chi connectivity index (χ4n) is 1.80. The molecule has 0 aliphatic heterocycles. The average molecular weight is 264 g/mol. The van der Waals surface area contributed by atoms with Crippen molar-refractivity contribution in [3.05, 3.63) is 30.3 Å². The van der Waals surface area contributed by atoms with Crippen LogP contribution in [0.4, 0.5) is 10.5 Å². The van der Waals surface area contributed by atoms with Crippen molar-refractivity contribution in [2.24, 2.45) is 5.92 Å². The van der Waals surface area contributed by atoms with E-state index in [1.807, 2.05) is 35.2 Å². The van der Waals surface area contributed by atoms with Gasteiger partial charge in [-0.25, -0.2) is 4.79 Å². The molecular formula is C16H28N2O. The minimum Gasteiger partial charge on any atom is -0.325 e. The molecule has 0 spiro atoms. The second-order valence-electron chi connectivity index (χ2n) is 5.32. The van der Waals surface area contributed by atoms with Gasteiger partial charge in [0.05, 0.1) is 0 Å². The maximum atomic E-state index is 12.2. The molecule has 0 unspecified atom stereocenters. The van der Waals surface area contributed by atoms with Crippen LogP contribution in [0.3, 0.4) is 0 Å². The molecule has 3 heteroatoms. The topological polar surface area (TPSA) is 32.3 Å². The first-order valence-electron chi connectivity index (χ1n) is 7.24. The average Bonchev–Trinajstić information content (AvgIpc) is 2.39. The Labute approximate surface area is 118 Å². The van der Waals surface area contributed by atoms with E-state index in [2.05, 4.69) is 26.1 Å². The van der Waals surface area contributed by atoms with Crippen LogP contribution < -0.4 is 5.32 Å². The van der Waals surface area contributed by atoms with E-state index in [1.165, 1.54) is 0 Å². The number of nitrogens with one attached hydrogen (secondary N) is 1. The summed E-state index contributed by atoms with van der Waals surface area (Å²) in [5.41, 5.74) is 0.860. The van der Waals surface area contributed by atoms with Gasteiger partial charge >= 0.3 is 6.03 Å². The van der Waals surface area contributed by atoms with Gasteiger partial charge in [-0.05, 0) is 30.9 Å². The molecule has 0 saturated carbocycles. The van der Waals surface area contributed by atoms with Crippen LogP contribution in [-0.2, 0) is 0 Å². The Kier molecular flexibility index (Phi) is 7.01. The van der Waals surface area contributed by atoms with E-state index >= 15 is 0 Å². The Bertz CT molecular complexity index is 368. The van der Waals surface area contributed by atoms with E-state index < -0.39 is 0 Å². The first-order valence-corrected chi connectivity index (χ1v) is 7.24. The van der Waals surface area contributed by atoms with Gasteiger partial charge in [0, 0.05) is 20.2 Å². The molecule has 0 atom stereocenters. The lowest BCUT2D eigenvalue weighted by atomic mass is 10.1. The van der Waals surface area contributed by atoms with Gasteiger partial charge in [-0.3, -0.25) is 0 Å². The van der Waals surface area contributed by atoms with Crippen molar-refractivity contribution in [3.8, 4) is 0 Å². The van der Waals surface area contributed by atoms with Crippen molar-refractivity contribution >= 4 is 11.7 Å². The fourth-order valence-corrected chi connectivity index (χ4v) is 1.80. The summed E-state index contributed by atoms with van der Waals surface area (Å²) in [5, 5.41) is 2.96. The number of anilines is 1. The zero-order chi connectivity index (χ0) is 14.1. The molecule has 1 aromatic carbocycles. The molecule has 0 saturated heterocycles. The van der Waals surface area contributed by atoms with Crippen molar-refractivity contribution in [2.75, 3.05) is 18.4 Å². The number of carbonyl (C=O) groups excluding carboxylic acids is 1. The summed E-state index contributed by atoms with van der Waals surface area (Å²) in [6, 6.07) is 9.65. The molecule has 0 aliphatic rings. The van der Waals surface area contributed by atoms with Gasteiger partial charge in [-0.1, -0.05) is 45.4 Å². The highest BCUT2D eigenvalue weighted by atomic mass is 16.2. The predicted molar refractivity (Wildman–Crippen MR) is 83.5 cm³/mol. The molecular weight excluding hydrogens is 236 g/mol. The van der Waals surface area contributed by atoms with Crippen molar-refractivity contribution in [2.45, 2.75) is 40.0 Å². The molecule has 0 aromatic heterocycles. The molecule has 0 heterocycles. The summed E-state index contributed by atoms with van der Waals surface area (Å²) in [6.07, 6.45) is 3.21. The van der Waals surface area contributed by atoms with E-state index in [-0.39, 0.29) is 7.46 Å². The second-order valence-corrected chi connectivity index (χ2v) is 5.32. The Balaban J connectivity index is 0.00000361. The number of nitrogens with zero attached hydrogens (tertiary/aromatic N) is 1. The second kappa shape index (κ2) is 8.57. The molecule has 2 amide bonds. The first-order chi connectivity index (χ1) is 9.13.